The second-order valence-electron chi connectivity index (χ2n) is 15.4. The van der Waals surface area contributed by atoms with E-state index in [2.05, 4.69) is 48.5 Å². The third kappa shape index (κ3) is 2.85. The van der Waals surface area contributed by atoms with Crippen LogP contribution in [-0.4, -0.2) is 33.1 Å². The second kappa shape index (κ2) is 7.00. The van der Waals surface area contributed by atoms with Gasteiger partial charge in [0, 0.05) is 0 Å². The van der Waals surface area contributed by atoms with Gasteiger partial charge in [-0.1, -0.05) is 48.5 Å². The molecule has 5 aliphatic carbocycles. The van der Waals surface area contributed by atoms with Crippen LogP contribution in [0.15, 0.2) is 0 Å². The number of aliphatic hydroxyl groups is 3. The quantitative estimate of drug-likeness (QED) is 0.404. The van der Waals surface area contributed by atoms with Gasteiger partial charge in [-0.3, -0.25) is 0 Å². The summed E-state index contributed by atoms with van der Waals surface area (Å²) in [4.78, 5) is 0. The van der Waals surface area contributed by atoms with Gasteiger partial charge in [0.15, 0.2) is 0 Å². The van der Waals surface area contributed by atoms with Gasteiger partial charge in [-0.05, 0) is 121 Å². The summed E-state index contributed by atoms with van der Waals surface area (Å²) in [6.45, 7) is 19.0. The Morgan fingerprint density at radius 1 is 0.636 bits per heavy atom. The normalized spacial score (nSPS) is 62.5. The Morgan fingerprint density at radius 2 is 1.30 bits per heavy atom. The molecule has 2 unspecified atom stereocenters. The van der Waals surface area contributed by atoms with Gasteiger partial charge in [0.2, 0.25) is 0 Å². The van der Waals surface area contributed by atoms with Crippen molar-refractivity contribution >= 4 is 0 Å². The van der Waals surface area contributed by atoms with Gasteiger partial charge < -0.3 is 15.3 Å². The molecule has 0 radical (unpaired) electrons. The van der Waals surface area contributed by atoms with Crippen LogP contribution in [0.25, 0.3) is 0 Å². The van der Waals surface area contributed by atoms with E-state index in [1.807, 2.05) is 6.92 Å². The standard InChI is InChI=1S/C30H52O3/c1-18-24-19-9-10-21-26(4)13-12-22(31)25(2,3)20(26)11-14-28(21,6)29(19,7)17-23(32)27(24,5)15-16-30(18,8)33/h18-24,31-33H,9-17H2,1-8H3/t18-,19+,20?,21?,22-,23-,24+,26-,27+,28+,29+,30-/m0/s1. The number of rotatable bonds is 0. The van der Waals surface area contributed by atoms with E-state index < -0.39 is 5.60 Å². The molecule has 0 aromatic heterocycles. The summed E-state index contributed by atoms with van der Waals surface area (Å²) >= 11 is 0. The van der Waals surface area contributed by atoms with E-state index in [9.17, 15) is 15.3 Å². The zero-order valence-corrected chi connectivity index (χ0v) is 22.7. The van der Waals surface area contributed by atoms with Crippen molar-refractivity contribution in [1.29, 1.82) is 0 Å². The van der Waals surface area contributed by atoms with E-state index >= 15 is 0 Å². The number of fused-ring (bicyclic) bond motifs is 7. The molecule has 0 aliphatic heterocycles. The predicted molar refractivity (Wildman–Crippen MR) is 134 cm³/mol. The number of hydrogen-bond acceptors (Lipinski definition) is 3. The van der Waals surface area contributed by atoms with E-state index in [0.29, 0.717) is 23.7 Å². The van der Waals surface area contributed by atoms with Crippen LogP contribution in [0.4, 0.5) is 0 Å². The first kappa shape index (κ1) is 24.6. The van der Waals surface area contributed by atoms with Gasteiger partial charge in [-0.25, -0.2) is 0 Å². The molecule has 0 bridgehead atoms. The molecule has 5 aliphatic rings. The Morgan fingerprint density at radius 3 is 1.97 bits per heavy atom. The van der Waals surface area contributed by atoms with Crippen LogP contribution in [0.5, 0.6) is 0 Å². The highest BCUT2D eigenvalue weighted by Gasteiger charge is 2.71. The smallest absolute Gasteiger partial charge is 0.0648 e. The molecule has 3 heteroatoms. The Balaban J connectivity index is 1.57. The Labute approximate surface area is 203 Å². The first-order chi connectivity index (χ1) is 15.1. The summed E-state index contributed by atoms with van der Waals surface area (Å²) in [6, 6.07) is 0. The summed E-state index contributed by atoms with van der Waals surface area (Å²) in [7, 11) is 0. The molecule has 5 saturated carbocycles. The minimum atomic E-state index is -0.632. The van der Waals surface area contributed by atoms with Crippen molar-refractivity contribution in [3.8, 4) is 0 Å². The second-order valence-corrected chi connectivity index (χ2v) is 15.4. The first-order valence-corrected chi connectivity index (χ1v) is 14.1. The lowest BCUT2D eigenvalue weighted by Gasteiger charge is -2.74. The molecule has 0 saturated heterocycles. The zero-order valence-electron chi connectivity index (χ0n) is 22.7. The fourth-order valence-corrected chi connectivity index (χ4v) is 11.6. The van der Waals surface area contributed by atoms with Crippen LogP contribution >= 0.6 is 0 Å². The van der Waals surface area contributed by atoms with E-state index in [-0.39, 0.29) is 45.2 Å². The molecule has 5 fully saturated rings. The number of hydrogen-bond donors (Lipinski definition) is 3. The molecule has 5 rings (SSSR count). The van der Waals surface area contributed by atoms with E-state index in [1.165, 1.54) is 25.7 Å². The fourth-order valence-electron chi connectivity index (χ4n) is 11.6. The minimum absolute atomic E-state index is 0.0205. The molecule has 0 aromatic carbocycles. The van der Waals surface area contributed by atoms with Gasteiger partial charge in [0.05, 0.1) is 17.8 Å². The summed E-state index contributed by atoms with van der Waals surface area (Å²) < 4.78 is 0. The largest absolute Gasteiger partial charge is 0.393 e. The monoisotopic (exact) mass is 460 g/mol. The number of aliphatic hydroxyl groups excluding tert-OH is 2. The zero-order chi connectivity index (χ0) is 24.4. The summed E-state index contributed by atoms with van der Waals surface area (Å²) in [6.07, 6.45) is 9.16. The Hall–Kier alpha value is -0.120. The molecule has 0 amide bonds. The Kier molecular flexibility index (Phi) is 5.21. The van der Waals surface area contributed by atoms with E-state index in [4.69, 9.17) is 0 Å². The molecule has 3 nitrogen and oxygen atoms in total. The van der Waals surface area contributed by atoms with Crippen molar-refractivity contribution in [2.24, 2.45) is 56.7 Å². The lowest BCUT2D eigenvalue weighted by Crippen LogP contribution is -2.70. The third-order valence-electron chi connectivity index (χ3n) is 14.2. The molecule has 0 heterocycles. The SMILES string of the molecule is C[C@H]1[C@@H]2[C@H]3CCC4[C@@]5(C)CC[C@H](O)C(C)(C)C5CC[C@@]4(C)[C@]3(C)C[C@H](O)[C@@]2(C)CC[C@]1(C)O. The van der Waals surface area contributed by atoms with Gasteiger partial charge in [0.25, 0.3) is 0 Å². The summed E-state index contributed by atoms with van der Waals surface area (Å²) in [5.74, 6) is 2.37. The maximum Gasteiger partial charge on any atom is 0.0648 e. The molecule has 12 atom stereocenters. The van der Waals surface area contributed by atoms with Gasteiger partial charge in [-0.2, -0.15) is 0 Å². The van der Waals surface area contributed by atoms with Crippen molar-refractivity contribution in [2.45, 2.75) is 131 Å². The van der Waals surface area contributed by atoms with Crippen molar-refractivity contribution < 1.29 is 15.3 Å². The van der Waals surface area contributed by atoms with Crippen LogP contribution in [0, 0.1) is 56.7 Å². The molecular formula is C30H52O3. The fraction of sp³-hybridized carbons (Fsp3) is 1.00. The molecule has 0 spiro atoms. The first-order valence-electron chi connectivity index (χ1n) is 14.1. The summed E-state index contributed by atoms with van der Waals surface area (Å²) in [5.41, 5.74) is -0.174. The third-order valence-corrected chi connectivity index (χ3v) is 14.2. The lowest BCUT2D eigenvalue weighted by atomic mass is 9.31. The van der Waals surface area contributed by atoms with Crippen molar-refractivity contribution in [3.05, 3.63) is 0 Å². The Bertz CT molecular complexity index is 804. The van der Waals surface area contributed by atoms with Crippen LogP contribution in [-0.2, 0) is 0 Å². The van der Waals surface area contributed by atoms with Gasteiger partial charge in [0.1, 0.15) is 0 Å². The van der Waals surface area contributed by atoms with Crippen molar-refractivity contribution in [3.63, 3.8) is 0 Å². The van der Waals surface area contributed by atoms with E-state index in [1.54, 1.807) is 0 Å². The van der Waals surface area contributed by atoms with Crippen LogP contribution in [0.3, 0.4) is 0 Å². The molecule has 0 aromatic rings. The minimum Gasteiger partial charge on any atom is -0.393 e. The van der Waals surface area contributed by atoms with Gasteiger partial charge in [-0.15, -0.1) is 0 Å². The van der Waals surface area contributed by atoms with Crippen molar-refractivity contribution in [2.75, 3.05) is 0 Å². The maximum absolute atomic E-state index is 11.8. The predicted octanol–water partition coefficient (Wildman–Crippen LogP) is 6.19. The molecular weight excluding hydrogens is 408 g/mol. The highest BCUT2D eigenvalue weighted by molar-refractivity contribution is 5.20. The van der Waals surface area contributed by atoms with E-state index in [0.717, 1.165) is 32.1 Å². The topological polar surface area (TPSA) is 60.7 Å². The van der Waals surface area contributed by atoms with Crippen LogP contribution in [0.2, 0.25) is 0 Å². The highest BCUT2D eigenvalue weighted by Crippen LogP contribution is 2.77. The molecule has 3 N–H and O–H groups in total. The maximum atomic E-state index is 11.8. The molecule has 33 heavy (non-hydrogen) atoms. The van der Waals surface area contributed by atoms with Gasteiger partial charge >= 0.3 is 0 Å². The van der Waals surface area contributed by atoms with Crippen LogP contribution < -0.4 is 0 Å². The van der Waals surface area contributed by atoms with Crippen molar-refractivity contribution in [1.82, 2.24) is 0 Å². The average Bonchev–Trinajstić information content (AvgIpc) is 2.71. The van der Waals surface area contributed by atoms with Crippen LogP contribution in [0.1, 0.15) is 113 Å². The average molecular weight is 461 g/mol. The lowest BCUT2D eigenvalue weighted by molar-refractivity contribution is -0.284. The summed E-state index contributed by atoms with van der Waals surface area (Å²) in [5, 5.41) is 34.0. The highest BCUT2D eigenvalue weighted by atomic mass is 16.3. The molecule has 190 valence electrons.